The molecular weight excluding hydrogens is 376 g/mol. The Balaban J connectivity index is 0.00000225. The third kappa shape index (κ3) is 4.12. The Bertz CT molecular complexity index is 904. The van der Waals surface area contributed by atoms with E-state index in [-0.39, 0.29) is 25.4 Å². The molecule has 1 aliphatic carbocycles. The number of rotatable bonds is 5. The van der Waals surface area contributed by atoms with E-state index in [0.29, 0.717) is 11.6 Å². The van der Waals surface area contributed by atoms with Crippen molar-refractivity contribution in [1.29, 1.82) is 0 Å². The van der Waals surface area contributed by atoms with Crippen molar-refractivity contribution in [3.63, 3.8) is 0 Å². The summed E-state index contributed by atoms with van der Waals surface area (Å²) in [6.45, 7) is 4.52. The van der Waals surface area contributed by atoms with Crippen molar-refractivity contribution in [2.24, 2.45) is 0 Å². The normalized spacial score (nSPS) is 18.6. The summed E-state index contributed by atoms with van der Waals surface area (Å²) in [6.07, 6.45) is 2.80. The van der Waals surface area contributed by atoms with Crippen LogP contribution in [0, 0.1) is 0 Å². The van der Waals surface area contributed by atoms with Crippen LogP contribution in [0.15, 0.2) is 30.3 Å². The summed E-state index contributed by atoms with van der Waals surface area (Å²) in [6, 6.07) is 9.83. The highest BCUT2D eigenvalue weighted by atomic mass is 35.5. The van der Waals surface area contributed by atoms with Gasteiger partial charge in [-0.1, -0.05) is 25.1 Å². The van der Waals surface area contributed by atoms with Gasteiger partial charge in [0.2, 0.25) is 0 Å². The van der Waals surface area contributed by atoms with Crippen molar-refractivity contribution in [3.05, 3.63) is 57.6 Å². The molecule has 4 nitrogen and oxygen atoms in total. The molecule has 0 unspecified atom stereocenters. The van der Waals surface area contributed by atoms with Gasteiger partial charge in [0, 0.05) is 17.0 Å². The molecule has 0 aromatic heterocycles. The molecule has 28 heavy (non-hydrogen) atoms. The van der Waals surface area contributed by atoms with Crippen molar-refractivity contribution in [3.8, 4) is 11.5 Å². The van der Waals surface area contributed by atoms with Crippen LogP contribution in [0.4, 0.5) is 0 Å². The van der Waals surface area contributed by atoms with Crippen LogP contribution in [0.2, 0.25) is 5.02 Å². The molecule has 1 N–H and O–H groups in total. The van der Waals surface area contributed by atoms with Gasteiger partial charge < -0.3 is 14.6 Å². The van der Waals surface area contributed by atoms with Crippen molar-refractivity contribution < 1.29 is 19.4 Å². The van der Waals surface area contributed by atoms with E-state index >= 15 is 0 Å². The van der Waals surface area contributed by atoms with E-state index in [9.17, 15) is 4.79 Å². The van der Waals surface area contributed by atoms with Crippen molar-refractivity contribution in [1.82, 2.24) is 0 Å². The monoisotopic (exact) mass is 402 g/mol. The van der Waals surface area contributed by atoms with Crippen LogP contribution in [0.3, 0.4) is 0 Å². The van der Waals surface area contributed by atoms with Crippen LogP contribution < -0.4 is 9.47 Å². The predicted molar refractivity (Wildman–Crippen MR) is 111 cm³/mol. The minimum absolute atomic E-state index is 0. The summed E-state index contributed by atoms with van der Waals surface area (Å²) in [4.78, 5) is 11.0. The lowest BCUT2D eigenvalue weighted by Crippen LogP contribution is -2.25. The lowest BCUT2D eigenvalue weighted by atomic mass is 9.98. The van der Waals surface area contributed by atoms with Gasteiger partial charge in [0.1, 0.15) is 23.7 Å². The molecule has 0 spiro atoms. The first-order valence-electron chi connectivity index (χ1n) is 9.28. The maximum Gasteiger partial charge on any atom is 0.303 e. The SMILES string of the molecule is C.CC1(C)Cc2cc(Cl)cc(COc3ccc4c(c3)CC[C@@H]4CC(=O)O)c2O1. The summed E-state index contributed by atoms with van der Waals surface area (Å²) in [5.41, 5.74) is 4.17. The van der Waals surface area contributed by atoms with Crippen molar-refractivity contribution in [2.75, 3.05) is 0 Å². The van der Waals surface area contributed by atoms with Crippen LogP contribution >= 0.6 is 11.6 Å². The smallest absolute Gasteiger partial charge is 0.303 e. The fourth-order valence-electron chi connectivity index (χ4n) is 4.21. The highest BCUT2D eigenvalue weighted by molar-refractivity contribution is 6.30. The first kappa shape index (κ1) is 20.5. The second kappa shape index (κ2) is 7.67. The first-order valence-corrected chi connectivity index (χ1v) is 9.66. The number of aryl methyl sites for hydroxylation is 1. The first-order chi connectivity index (χ1) is 12.8. The highest BCUT2D eigenvalue weighted by Gasteiger charge is 2.32. The molecule has 5 heteroatoms. The molecule has 2 aromatic carbocycles. The van der Waals surface area contributed by atoms with E-state index in [1.165, 1.54) is 5.56 Å². The minimum Gasteiger partial charge on any atom is -0.489 e. The Morgan fingerprint density at radius 3 is 2.82 bits per heavy atom. The summed E-state index contributed by atoms with van der Waals surface area (Å²) in [5.74, 6) is 1.03. The second-order valence-corrected chi connectivity index (χ2v) is 8.51. The quantitative estimate of drug-likeness (QED) is 0.689. The lowest BCUT2D eigenvalue weighted by Gasteiger charge is -2.18. The molecule has 2 aliphatic rings. The largest absolute Gasteiger partial charge is 0.489 e. The van der Waals surface area contributed by atoms with E-state index in [1.807, 2.05) is 30.3 Å². The molecule has 0 radical (unpaired) electrons. The second-order valence-electron chi connectivity index (χ2n) is 8.07. The molecule has 0 amide bonds. The van der Waals surface area contributed by atoms with E-state index in [4.69, 9.17) is 26.2 Å². The fraction of sp³-hybridized carbons (Fsp3) is 0.435. The molecule has 1 heterocycles. The van der Waals surface area contributed by atoms with Gasteiger partial charge in [-0.2, -0.15) is 0 Å². The van der Waals surface area contributed by atoms with Gasteiger partial charge >= 0.3 is 5.97 Å². The Hall–Kier alpha value is -2.20. The average Bonchev–Trinajstić information content (AvgIpc) is 3.11. The number of hydrogen-bond donors (Lipinski definition) is 1. The maximum atomic E-state index is 11.0. The van der Waals surface area contributed by atoms with E-state index < -0.39 is 5.97 Å². The number of carboxylic acid groups (broad SMARTS) is 1. The number of carboxylic acids is 1. The number of fused-ring (bicyclic) bond motifs is 2. The third-order valence-corrected chi connectivity index (χ3v) is 5.55. The number of ether oxygens (including phenoxy) is 2. The van der Waals surface area contributed by atoms with Crippen molar-refractivity contribution in [2.45, 2.75) is 65.1 Å². The topological polar surface area (TPSA) is 55.8 Å². The van der Waals surface area contributed by atoms with Gasteiger partial charge in [0.15, 0.2) is 0 Å². The Morgan fingerprint density at radius 2 is 2.07 bits per heavy atom. The third-order valence-electron chi connectivity index (χ3n) is 5.33. The van der Waals surface area contributed by atoms with E-state index in [0.717, 1.165) is 47.5 Å². The highest BCUT2D eigenvalue weighted by Crippen LogP contribution is 2.41. The lowest BCUT2D eigenvalue weighted by molar-refractivity contribution is -0.137. The molecular formula is C23H27ClO4. The zero-order chi connectivity index (χ0) is 19.2. The van der Waals surface area contributed by atoms with E-state index in [2.05, 4.69) is 13.8 Å². The summed E-state index contributed by atoms with van der Waals surface area (Å²) in [5, 5.41) is 9.75. The zero-order valence-electron chi connectivity index (χ0n) is 15.5. The zero-order valence-corrected chi connectivity index (χ0v) is 16.3. The minimum atomic E-state index is -0.745. The standard InChI is InChI=1S/C22H23ClO4.CH4/c1-22(2)11-15-7-17(23)8-16(21(15)27-22)12-26-18-5-6-19-13(9-18)3-4-14(19)10-20(24)25;/h5-9,14H,3-4,10-12H2,1-2H3,(H,24,25);1H4/t14-;/m1./s1. The van der Waals surface area contributed by atoms with Gasteiger partial charge in [0.05, 0.1) is 6.42 Å². The Kier molecular flexibility index (Phi) is 5.62. The molecule has 0 bridgehead atoms. The Morgan fingerprint density at radius 1 is 1.29 bits per heavy atom. The summed E-state index contributed by atoms with van der Waals surface area (Å²) < 4.78 is 12.1. The van der Waals surface area contributed by atoms with Crippen LogP contribution in [-0.4, -0.2) is 16.7 Å². The number of hydrogen-bond acceptors (Lipinski definition) is 3. The van der Waals surface area contributed by atoms with Crippen LogP contribution in [0.1, 0.15) is 62.3 Å². The van der Waals surface area contributed by atoms with Crippen LogP contribution in [0.5, 0.6) is 11.5 Å². The van der Waals surface area contributed by atoms with Crippen LogP contribution in [0.25, 0.3) is 0 Å². The Labute approximate surface area is 171 Å². The number of aliphatic carboxylic acids is 1. The van der Waals surface area contributed by atoms with Gasteiger partial charge in [-0.25, -0.2) is 0 Å². The molecule has 2 aromatic rings. The number of halogens is 1. The van der Waals surface area contributed by atoms with Crippen molar-refractivity contribution >= 4 is 17.6 Å². The summed E-state index contributed by atoms with van der Waals surface area (Å²) >= 11 is 6.28. The molecule has 150 valence electrons. The number of carbonyl (C=O) groups is 1. The van der Waals surface area contributed by atoms with Gasteiger partial charge in [0.25, 0.3) is 0 Å². The van der Waals surface area contributed by atoms with Gasteiger partial charge in [-0.3, -0.25) is 4.79 Å². The maximum absolute atomic E-state index is 11.0. The molecule has 0 fully saturated rings. The van der Waals surface area contributed by atoms with E-state index in [1.54, 1.807) is 0 Å². The van der Waals surface area contributed by atoms with Gasteiger partial charge in [-0.05, 0) is 73.6 Å². The molecule has 0 saturated carbocycles. The van der Waals surface area contributed by atoms with Gasteiger partial charge in [-0.15, -0.1) is 0 Å². The molecule has 1 atom stereocenters. The molecule has 0 saturated heterocycles. The predicted octanol–water partition coefficient (Wildman–Crippen LogP) is 5.77. The average molecular weight is 403 g/mol. The molecule has 1 aliphatic heterocycles. The fourth-order valence-corrected chi connectivity index (χ4v) is 4.47. The summed E-state index contributed by atoms with van der Waals surface area (Å²) in [7, 11) is 0. The molecule has 4 rings (SSSR count). The number of benzene rings is 2. The van der Waals surface area contributed by atoms with Crippen LogP contribution in [-0.2, 0) is 24.2 Å².